The van der Waals surface area contributed by atoms with Crippen molar-refractivity contribution in [1.82, 2.24) is 10.2 Å². The van der Waals surface area contributed by atoms with Gasteiger partial charge in [0.25, 0.3) is 0 Å². The summed E-state index contributed by atoms with van der Waals surface area (Å²) in [5, 5.41) is 3.93. The van der Waals surface area contributed by atoms with Crippen LogP contribution in [0.4, 0.5) is 8.78 Å². The van der Waals surface area contributed by atoms with E-state index in [1.807, 2.05) is 23.1 Å². The lowest BCUT2D eigenvalue weighted by Gasteiger charge is -2.43. The fraction of sp³-hybridized carbons (Fsp3) is 0.500. The van der Waals surface area contributed by atoms with Gasteiger partial charge in [0.1, 0.15) is 5.60 Å². The Labute approximate surface area is 203 Å². The molecule has 8 heteroatoms. The number of nitrogens with one attached hydrogen (secondary N) is 1. The van der Waals surface area contributed by atoms with E-state index in [4.69, 9.17) is 21.1 Å². The average molecular weight is 491 g/mol. The van der Waals surface area contributed by atoms with Gasteiger partial charge in [-0.15, -0.1) is 0 Å². The van der Waals surface area contributed by atoms with E-state index < -0.39 is 23.2 Å². The molecule has 1 spiro atoms. The number of carbonyl (C=O) groups is 1. The number of benzene rings is 2. The number of ether oxygens (including phenoxy) is 2. The predicted octanol–water partition coefficient (Wildman–Crippen LogP) is 4.33. The van der Waals surface area contributed by atoms with Gasteiger partial charge in [-0.05, 0) is 72.7 Å². The normalized spacial score (nSPS) is 23.8. The minimum atomic E-state index is -0.955. The van der Waals surface area contributed by atoms with Crippen molar-refractivity contribution in [2.75, 3.05) is 26.8 Å². The largest absolute Gasteiger partial charge is 0.384 e. The lowest BCUT2D eigenvalue weighted by atomic mass is 9.75. The third-order valence-corrected chi connectivity index (χ3v) is 7.66. The summed E-state index contributed by atoms with van der Waals surface area (Å²) in [6, 6.07) is 8.46. The highest BCUT2D eigenvalue weighted by molar-refractivity contribution is 6.31. The van der Waals surface area contributed by atoms with E-state index >= 15 is 0 Å². The molecule has 2 fully saturated rings. The van der Waals surface area contributed by atoms with Gasteiger partial charge in [-0.2, -0.15) is 0 Å². The Hall–Kier alpha value is -2.06. The first-order valence-corrected chi connectivity index (χ1v) is 12.2. The molecule has 1 N–H and O–H groups in total. The van der Waals surface area contributed by atoms with Gasteiger partial charge in [-0.3, -0.25) is 4.79 Å². The summed E-state index contributed by atoms with van der Waals surface area (Å²) < 4.78 is 39.5. The lowest BCUT2D eigenvalue weighted by molar-refractivity contribution is -0.157. The first-order valence-electron chi connectivity index (χ1n) is 11.8. The number of hydrogen-bond donors (Lipinski definition) is 1. The Bertz CT molecular complexity index is 1090. The number of hydrogen-bond acceptors (Lipinski definition) is 4. The van der Waals surface area contributed by atoms with Crippen LogP contribution < -0.4 is 5.32 Å². The van der Waals surface area contributed by atoms with Gasteiger partial charge in [0.2, 0.25) is 5.91 Å². The van der Waals surface area contributed by atoms with Gasteiger partial charge in [0.05, 0.1) is 19.1 Å². The third-order valence-electron chi connectivity index (χ3n) is 7.29. The van der Waals surface area contributed by atoms with Crippen LogP contribution in [-0.2, 0) is 39.4 Å². The highest BCUT2D eigenvalue weighted by Crippen LogP contribution is 2.48. The molecule has 2 atom stereocenters. The molecule has 1 aliphatic carbocycles. The summed E-state index contributed by atoms with van der Waals surface area (Å²) in [7, 11) is 1.67. The van der Waals surface area contributed by atoms with E-state index in [1.54, 1.807) is 7.11 Å². The number of fused-ring (bicyclic) bond motifs is 2. The summed E-state index contributed by atoms with van der Waals surface area (Å²) in [6.45, 7) is 2.24. The highest BCUT2D eigenvalue weighted by atomic mass is 35.5. The van der Waals surface area contributed by atoms with E-state index in [0.29, 0.717) is 48.8 Å². The second kappa shape index (κ2) is 9.53. The zero-order chi connectivity index (χ0) is 23.9. The third kappa shape index (κ3) is 4.35. The van der Waals surface area contributed by atoms with Crippen LogP contribution in [0.3, 0.4) is 0 Å². The Morgan fingerprint density at radius 2 is 2.06 bits per heavy atom. The van der Waals surface area contributed by atoms with Crippen molar-refractivity contribution in [2.45, 2.75) is 50.5 Å². The van der Waals surface area contributed by atoms with Crippen LogP contribution in [0.25, 0.3) is 0 Å². The van der Waals surface area contributed by atoms with E-state index in [-0.39, 0.29) is 18.6 Å². The number of halogens is 3. The van der Waals surface area contributed by atoms with Crippen LogP contribution in [0.2, 0.25) is 5.02 Å². The number of methoxy groups -OCH3 is 1. The fourth-order valence-electron chi connectivity index (χ4n) is 5.31. The first kappa shape index (κ1) is 23.7. The molecule has 0 radical (unpaired) electrons. The number of nitrogens with zero attached hydrogens (tertiary/aromatic N) is 1. The molecule has 3 aliphatic rings. The number of carbonyl (C=O) groups excluding carboxylic acids is 1. The fourth-order valence-corrected chi connectivity index (χ4v) is 5.49. The Morgan fingerprint density at radius 1 is 1.26 bits per heavy atom. The van der Waals surface area contributed by atoms with Crippen LogP contribution in [-0.4, -0.2) is 43.7 Å². The summed E-state index contributed by atoms with van der Waals surface area (Å²) in [6.07, 6.45) is 3.17. The maximum Gasteiger partial charge on any atom is 0.230 e. The molecule has 0 unspecified atom stereocenters. The average Bonchev–Trinajstić information content (AvgIpc) is 3.63. The second-order valence-corrected chi connectivity index (χ2v) is 9.88. The first-order chi connectivity index (χ1) is 16.4. The van der Waals surface area contributed by atoms with E-state index in [2.05, 4.69) is 5.32 Å². The van der Waals surface area contributed by atoms with Gasteiger partial charge < -0.3 is 19.7 Å². The molecule has 1 amide bonds. The van der Waals surface area contributed by atoms with Crippen LogP contribution in [0.5, 0.6) is 0 Å². The molecule has 2 aromatic rings. The minimum Gasteiger partial charge on any atom is -0.384 e. The smallest absolute Gasteiger partial charge is 0.230 e. The molecule has 5 nitrogen and oxygen atoms in total. The number of rotatable bonds is 7. The molecular weight excluding hydrogens is 462 g/mol. The molecule has 182 valence electrons. The highest BCUT2D eigenvalue weighted by Gasteiger charge is 2.53. The maximum atomic E-state index is 14.2. The van der Waals surface area contributed by atoms with Crippen LogP contribution in [0.15, 0.2) is 30.3 Å². The molecule has 0 bridgehead atoms. The van der Waals surface area contributed by atoms with Crippen molar-refractivity contribution in [1.29, 1.82) is 0 Å². The number of amides is 1. The van der Waals surface area contributed by atoms with Gasteiger partial charge in [0.15, 0.2) is 11.6 Å². The van der Waals surface area contributed by atoms with E-state index in [0.717, 1.165) is 30.4 Å². The lowest BCUT2D eigenvalue weighted by Crippen LogP contribution is -2.55. The van der Waals surface area contributed by atoms with Crippen molar-refractivity contribution in [3.05, 3.63) is 69.2 Å². The quantitative estimate of drug-likeness (QED) is 0.627. The van der Waals surface area contributed by atoms with Crippen molar-refractivity contribution >= 4 is 17.5 Å². The Morgan fingerprint density at radius 3 is 2.82 bits per heavy atom. The molecular formula is C26H29ClF2N2O3. The molecule has 1 saturated carbocycles. The van der Waals surface area contributed by atoms with E-state index in [1.165, 1.54) is 12.1 Å². The van der Waals surface area contributed by atoms with Crippen LogP contribution >= 0.6 is 11.6 Å². The van der Waals surface area contributed by atoms with Gasteiger partial charge >= 0.3 is 0 Å². The number of piperidine rings is 1. The SMILES string of the molecule is COCCc1ccc(Cl)c(CN(C(=O)[C@H]2CNCC[C@@]23OCc2cc(F)c(F)cc23)C2CC2)c1. The molecule has 2 aliphatic heterocycles. The summed E-state index contributed by atoms with van der Waals surface area (Å²) in [5.41, 5.74) is 2.26. The monoisotopic (exact) mass is 490 g/mol. The maximum absolute atomic E-state index is 14.2. The van der Waals surface area contributed by atoms with Crippen molar-refractivity contribution in [3.63, 3.8) is 0 Å². The van der Waals surface area contributed by atoms with E-state index in [9.17, 15) is 13.6 Å². The molecule has 34 heavy (non-hydrogen) atoms. The van der Waals surface area contributed by atoms with Gasteiger partial charge in [-0.1, -0.05) is 23.7 Å². The zero-order valence-electron chi connectivity index (χ0n) is 19.2. The standard InChI is InChI=1S/C26H29ClF2N2O3/c1-33-9-6-16-2-5-22(27)17(10-16)14-31(19-3-4-19)25(32)21-13-30-8-7-26(21)20-12-24(29)23(28)11-18(20)15-34-26/h2,5,10-12,19,21,30H,3-4,6-9,13-15H2,1H3/t21-,26+/m1/s1. The molecule has 5 rings (SSSR count). The van der Waals surface area contributed by atoms with Crippen LogP contribution in [0, 0.1) is 17.6 Å². The summed E-state index contributed by atoms with van der Waals surface area (Å²) in [4.78, 5) is 16.0. The topological polar surface area (TPSA) is 50.8 Å². The Balaban J connectivity index is 1.45. The molecule has 2 heterocycles. The van der Waals surface area contributed by atoms with Crippen molar-refractivity contribution < 1.29 is 23.0 Å². The molecule has 1 saturated heterocycles. The Kier molecular flexibility index (Phi) is 6.64. The predicted molar refractivity (Wildman–Crippen MR) is 124 cm³/mol. The van der Waals surface area contributed by atoms with Crippen molar-refractivity contribution in [2.24, 2.45) is 5.92 Å². The van der Waals surface area contributed by atoms with Crippen LogP contribution in [0.1, 0.15) is 41.5 Å². The second-order valence-electron chi connectivity index (χ2n) is 9.47. The summed E-state index contributed by atoms with van der Waals surface area (Å²) in [5.74, 6) is -2.38. The van der Waals surface area contributed by atoms with Gasteiger partial charge in [0, 0.05) is 31.3 Å². The van der Waals surface area contributed by atoms with Gasteiger partial charge in [-0.25, -0.2) is 8.78 Å². The van der Waals surface area contributed by atoms with Crippen molar-refractivity contribution in [3.8, 4) is 0 Å². The molecule has 0 aromatic heterocycles. The minimum absolute atomic E-state index is 0.0364. The molecule has 2 aromatic carbocycles. The zero-order valence-corrected chi connectivity index (χ0v) is 20.0. The summed E-state index contributed by atoms with van der Waals surface area (Å²) >= 11 is 6.53.